The lowest BCUT2D eigenvalue weighted by atomic mass is 10.2. The van der Waals surface area contributed by atoms with E-state index in [1.807, 2.05) is 20.2 Å². The molecular weight excluding hydrogens is 362 g/mol. The van der Waals surface area contributed by atoms with Gasteiger partial charge in [-0.3, -0.25) is 4.98 Å². The van der Waals surface area contributed by atoms with Gasteiger partial charge >= 0.3 is 0 Å². The van der Waals surface area contributed by atoms with E-state index in [2.05, 4.69) is 30.5 Å². The molecule has 0 fully saturated rings. The summed E-state index contributed by atoms with van der Waals surface area (Å²) < 4.78 is 28.0. The molecule has 0 spiro atoms. The third-order valence-corrected chi connectivity index (χ3v) is 3.96. The van der Waals surface area contributed by atoms with Crippen molar-refractivity contribution in [1.29, 1.82) is 0 Å². The van der Waals surface area contributed by atoms with E-state index in [1.54, 1.807) is 24.5 Å². The first-order valence-electron chi connectivity index (χ1n) is 8.92. The van der Waals surface area contributed by atoms with Crippen LogP contribution < -0.4 is 10.6 Å². The molecule has 2 aromatic heterocycles. The number of hydrogen-bond acceptors (Lipinski definition) is 6. The molecule has 3 rings (SSSR count). The van der Waals surface area contributed by atoms with E-state index < -0.39 is 11.6 Å². The molecule has 2 N–H and O–H groups in total. The van der Waals surface area contributed by atoms with Crippen molar-refractivity contribution < 1.29 is 8.78 Å². The molecule has 0 saturated carbocycles. The Bertz CT molecular complexity index is 898. The van der Waals surface area contributed by atoms with Crippen molar-refractivity contribution in [2.75, 3.05) is 37.8 Å². The zero-order chi connectivity index (χ0) is 19.9. The molecule has 0 aliphatic carbocycles. The van der Waals surface area contributed by atoms with Gasteiger partial charge in [0.25, 0.3) is 0 Å². The standard InChI is InChI=1S/C20H22F2N6/c1-28(2)11-5-10-24-20-25-17(14-6-4-9-23-13-14)12-18(27-20)26-19-15(21)7-3-8-16(19)22/h3-4,6-9,12-13H,5,10-11H2,1-2H3,(H2,24,25,26,27). The van der Waals surface area contributed by atoms with Gasteiger partial charge in [-0.05, 0) is 51.3 Å². The third kappa shape index (κ3) is 5.20. The van der Waals surface area contributed by atoms with Gasteiger partial charge in [0.15, 0.2) is 0 Å². The van der Waals surface area contributed by atoms with Crippen LogP contribution in [0.25, 0.3) is 11.3 Å². The zero-order valence-corrected chi connectivity index (χ0v) is 15.8. The summed E-state index contributed by atoms with van der Waals surface area (Å²) in [5.74, 6) is -0.726. The minimum absolute atomic E-state index is 0.253. The summed E-state index contributed by atoms with van der Waals surface area (Å²) >= 11 is 0. The molecule has 0 aliphatic heterocycles. The zero-order valence-electron chi connectivity index (χ0n) is 15.8. The summed E-state index contributed by atoms with van der Waals surface area (Å²) in [5.41, 5.74) is 1.12. The predicted octanol–water partition coefficient (Wildman–Crippen LogP) is 3.92. The van der Waals surface area contributed by atoms with Crippen LogP contribution in [-0.4, -0.2) is 47.0 Å². The van der Waals surface area contributed by atoms with Crippen LogP contribution in [0.2, 0.25) is 0 Å². The molecule has 8 heteroatoms. The molecule has 0 unspecified atom stereocenters. The van der Waals surface area contributed by atoms with Gasteiger partial charge in [-0.25, -0.2) is 13.8 Å². The number of benzene rings is 1. The lowest BCUT2D eigenvalue weighted by Crippen LogP contribution is -2.17. The smallest absolute Gasteiger partial charge is 0.225 e. The van der Waals surface area contributed by atoms with Crippen molar-refractivity contribution in [2.24, 2.45) is 0 Å². The van der Waals surface area contributed by atoms with Gasteiger partial charge in [0.2, 0.25) is 5.95 Å². The third-order valence-electron chi connectivity index (χ3n) is 3.96. The Labute approximate surface area is 162 Å². The van der Waals surface area contributed by atoms with E-state index in [1.165, 1.54) is 18.2 Å². The molecule has 0 bridgehead atoms. The van der Waals surface area contributed by atoms with Gasteiger partial charge < -0.3 is 15.5 Å². The van der Waals surface area contributed by atoms with E-state index >= 15 is 0 Å². The average Bonchev–Trinajstić information content (AvgIpc) is 2.69. The minimum Gasteiger partial charge on any atom is -0.354 e. The van der Waals surface area contributed by atoms with Crippen molar-refractivity contribution in [3.63, 3.8) is 0 Å². The molecule has 1 aromatic carbocycles. The van der Waals surface area contributed by atoms with Crippen LogP contribution >= 0.6 is 0 Å². The average molecular weight is 384 g/mol. The number of nitrogens with one attached hydrogen (secondary N) is 2. The van der Waals surface area contributed by atoms with E-state index in [-0.39, 0.29) is 11.5 Å². The number of para-hydroxylation sites is 1. The SMILES string of the molecule is CN(C)CCCNc1nc(Nc2c(F)cccc2F)cc(-c2cccnc2)n1. The van der Waals surface area contributed by atoms with Crippen LogP contribution in [0.1, 0.15) is 6.42 Å². The second-order valence-electron chi connectivity index (χ2n) is 6.51. The molecule has 0 atom stereocenters. The first-order chi connectivity index (χ1) is 13.5. The van der Waals surface area contributed by atoms with Crippen LogP contribution in [0.5, 0.6) is 0 Å². The lowest BCUT2D eigenvalue weighted by Gasteiger charge is -2.13. The van der Waals surface area contributed by atoms with Gasteiger partial charge in [-0.2, -0.15) is 4.98 Å². The van der Waals surface area contributed by atoms with Crippen LogP contribution in [0.3, 0.4) is 0 Å². The summed E-state index contributed by atoms with van der Waals surface area (Å²) in [6.45, 7) is 1.59. The van der Waals surface area contributed by atoms with E-state index in [4.69, 9.17) is 0 Å². The summed E-state index contributed by atoms with van der Waals surface area (Å²) in [6.07, 6.45) is 4.24. The summed E-state index contributed by atoms with van der Waals surface area (Å²) in [4.78, 5) is 15.0. The highest BCUT2D eigenvalue weighted by Crippen LogP contribution is 2.26. The molecule has 3 aromatic rings. The highest BCUT2D eigenvalue weighted by molar-refractivity contribution is 5.67. The van der Waals surface area contributed by atoms with Crippen molar-refractivity contribution in [1.82, 2.24) is 19.9 Å². The van der Waals surface area contributed by atoms with Gasteiger partial charge in [0.05, 0.1) is 5.69 Å². The maximum absolute atomic E-state index is 14.0. The molecule has 2 heterocycles. The van der Waals surface area contributed by atoms with Gasteiger partial charge in [0.1, 0.15) is 23.1 Å². The Kier molecular flexibility index (Phi) is 6.44. The summed E-state index contributed by atoms with van der Waals surface area (Å²) in [5, 5.41) is 5.90. The Morgan fingerprint density at radius 2 is 1.82 bits per heavy atom. The number of pyridine rings is 1. The first kappa shape index (κ1) is 19.6. The largest absolute Gasteiger partial charge is 0.354 e. The number of aromatic nitrogens is 3. The summed E-state index contributed by atoms with van der Waals surface area (Å²) in [7, 11) is 4.01. The number of halogens is 2. The highest BCUT2D eigenvalue weighted by Gasteiger charge is 2.12. The fourth-order valence-electron chi connectivity index (χ4n) is 2.59. The minimum atomic E-state index is -0.693. The predicted molar refractivity (Wildman–Crippen MR) is 107 cm³/mol. The van der Waals surface area contributed by atoms with E-state index in [0.29, 0.717) is 18.2 Å². The fraction of sp³-hybridized carbons (Fsp3) is 0.250. The molecule has 0 aliphatic rings. The van der Waals surface area contributed by atoms with Gasteiger partial charge in [-0.1, -0.05) is 6.07 Å². The second kappa shape index (κ2) is 9.18. The van der Waals surface area contributed by atoms with Crippen molar-refractivity contribution in [3.05, 3.63) is 60.4 Å². The van der Waals surface area contributed by atoms with E-state index in [0.717, 1.165) is 18.5 Å². The van der Waals surface area contributed by atoms with Crippen LogP contribution in [0.4, 0.5) is 26.2 Å². The molecule has 146 valence electrons. The fourth-order valence-corrected chi connectivity index (χ4v) is 2.59. The van der Waals surface area contributed by atoms with Gasteiger partial charge in [-0.15, -0.1) is 0 Å². The molecule has 28 heavy (non-hydrogen) atoms. The molecular formula is C20H22F2N6. The topological polar surface area (TPSA) is 66.0 Å². The number of anilines is 3. The number of hydrogen-bond donors (Lipinski definition) is 2. The Balaban J connectivity index is 1.89. The molecule has 0 amide bonds. The van der Waals surface area contributed by atoms with Gasteiger partial charge in [0, 0.05) is 30.6 Å². The van der Waals surface area contributed by atoms with Crippen molar-refractivity contribution in [3.8, 4) is 11.3 Å². The van der Waals surface area contributed by atoms with Crippen LogP contribution in [0, 0.1) is 11.6 Å². The van der Waals surface area contributed by atoms with Crippen LogP contribution in [0.15, 0.2) is 48.8 Å². The maximum atomic E-state index is 14.0. The lowest BCUT2D eigenvalue weighted by molar-refractivity contribution is 0.405. The monoisotopic (exact) mass is 384 g/mol. The maximum Gasteiger partial charge on any atom is 0.225 e. The van der Waals surface area contributed by atoms with Crippen molar-refractivity contribution in [2.45, 2.75) is 6.42 Å². The van der Waals surface area contributed by atoms with Crippen molar-refractivity contribution >= 4 is 17.5 Å². The molecule has 6 nitrogen and oxygen atoms in total. The first-order valence-corrected chi connectivity index (χ1v) is 8.92. The normalized spacial score (nSPS) is 10.9. The molecule has 0 saturated heterocycles. The quantitative estimate of drug-likeness (QED) is 0.574. The summed E-state index contributed by atoms with van der Waals surface area (Å²) in [6, 6.07) is 8.98. The Morgan fingerprint density at radius 3 is 2.50 bits per heavy atom. The highest BCUT2D eigenvalue weighted by atomic mass is 19.1. The Hall–Kier alpha value is -3.13. The van der Waals surface area contributed by atoms with E-state index in [9.17, 15) is 8.78 Å². The molecule has 0 radical (unpaired) electrons. The second-order valence-corrected chi connectivity index (χ2v) is 6.51. The number of nitrogens with zero attached hydrogens (tertiary/aromatic N) is 4. The Morgan fingerprint density at radius 1 is 1.04 bits per heavy atom. The number of rotatable bonds is 8. The van der Waals surface area contributed by atoms with Crippen LogP contribution in [-0.2, 0) is 0 Å².